The van der Waals surface area contributed by atoms with Crippen LogP contribution in [0.25, 0.3) is 0 Å². The molecule has 8 nitrogen and oxygen atoms in total. The number of fused-ring (bicyclic) bond motifs is 2. The first-order chi connectivity index (χ1) is 32.3. The predicted octanol–water partition coefficient (Wildman–Crippen LogP) is 15.5. The van der Waals surface area contributed by atoms with Crippen molar-refractivity contribution < 1.29 is 28.1 Å². The molecular formula is C58H110N2O6S. The van der Waals surface area contributed by atoms with E-state index < -0.39 is 15.1 Å². The lowest BCUT2D eigenvalue weighted by atomic mass is 9.70. The second-order valence-electron chi connectivity index (χ2n) is 22.0. The fourth-order valence-corrected chi connectivity index (χ4v) is 13.4. The molecule has 0 aromatic heterocycles. The van der Waals surface area contributed by atoms with E-state index in [1.54, 1.807) is 0 Å². The zero-order chi connectivity index (χ0) is 49.1. The van der Waals surface area contributed by atoms with E-state index >= 15 is 0 Å². The van der Waals surface area contributed by atoms with Gasteiger partial charge >= 0.3 is 11.9 Å². The molecule has 2 fully saturated rings. The van der Waals surface area contributed by atoms with Crippen molar-refractivity contribution in [2.75, 3.05) is 31.9 Å². The third kappa shape index (κ3) is 26.5. The molecular weight excluding hydrogens is 853 g/mol. The van der Waals surface area contributed by atoms with Gasteiger partial charge in [0.25, 0.3) is 0 Å². The Morgan fingerprint density at radius 1 is 0.612 bits per heavy atom. The van der Waals surface area contributed by atoms with Gasteiger partial charge in [0.15, 0.2) is 0 Å². The van der Waals surface area contributed by atoms with Crippen molar-refractivity contribution in [3.8, 4) is 0 Å². The zero-order valence-electron chi connectivity index (χ0n) is 45.1. The molecule has 2 aliphatic carbocycles. The Bertz CT molecular complexity index is 1370. The first-order valence-corrected chi connectivity index (χ1v) is 31.0. The highest BCUT2D eigenvalue weighted by molar-refractivity contribution is 7.98. The van der Waals surface area contributed by atoms with Gasteiger partial charge in [-0.05, 0) is 127 Å². The molecule has 3 unspecified atom stereocenters. The van der Waals surface area contributed by atoms with E-state index in [0.717, 1.165) is 135 Å². The molecule has 0 saturated heterocycles. The van der Waals surface area contributed by atoms with Gasteiger partial charge in [-0.1, -0.05) is 176 Å². The second-order valence-corrected chi connectivity index (χ2v) is 24.3. The molecule has 2 rings (SSSR count). The Morgan fingerprint density at radius 2 is 1.01 bits per heavy atom. The first-order valence-electron chi connectivity index (χ1n) is 29.1. The van der Waals surface area contributed by atoms with Crippen molar-refractivity contribution >= 4 is 33.3 Å². The third-order valence-corrected chi connectivity index (χ3v) is 17.7. The summed E-state index contributed by atoms with van der Waals surface area (Å²) in [6.07, 6.45) is 42.1. The van der Waals surface area contributed by atoms with Gasteiger partial charge in [-0.3, -0.25) is 18.6 Å². The zero-order valence-corrected chi connectivity index (χ0v) is 46.0. The summed E-state index contributed by atoms with van der Waals surface area (Å²) < 4.78 is 29.1. The van der Waals surface area contributed by atoms with Crippen LogP contribution in [-0.4, -0.2) is 76.8 Å². The van der Waals surface area contributed by atoms with Crippen LogP contribution >= 0.6 is 0 Å². The molecule has 2 aliphatic rings. The number of rotatable bonds is 47. The number of carbonyl (C=O) groups is 3. The summed E-state index contributed by atoms with van der Waals surface area (Å²) in [6, 6.07) is 0. The smallest absolute Gasteiger partial charge is 0.306 e. The summed E-state index contributed by atoms with van der Waals surface area (Å²) in [5.41, 5.74) is -0.603. The molecule has 0 amide bonds. The largest absolute Gasteiger partial charge is 0.462 e. The Balaban J connectivity index is 1.76. The van der Waals surface area contributed by atoms with Crippen molar-refractivity contribution in [1.82, 2.24) is 9.62 Å². The van der Waals surface area contributed by atoms with E-state index in [0.29, 0.717) is 43.3 Å². The van der Waals surface area contributed by atoms with Gasteiger partial charge in [0.1, 0.15) is 18.0 Å². The summed E-state index contributed by atoms with van der Waals surface area (Å²) in [5, 5.41) is 0. The Morgan fingerprint density at radius 3 is 1.45 bits per heavy atom. The van der Waals surface area contributed by atoms with Crippen LogP contribution in [0.4, 0.5) is 0 Å². The van der Waals surface area contributed by atoms with Gasteiger partial charge < -0.3 is 14.4 Å². The van der Waals surface area contributed by atoms with Crippen LogP contribution in [0, 0.1) is 16.7 Å². The van der Waals surface area contributed by atoms with Crippen LogP contribution in [0.3, 0.4) is 0 Å². The Hall–Kier alpha value is -1.45. The summed E-state index contributed by atoms with van der Waals surface area (Å²) in [5.74, 6) is 5.19. The van der Waals surface area contributed by atoms with Gasteiger partial charge in [-0.15, -0.1) is 0 Å². The van der Waals surface area contributed by atoms with E-state index in [1.807, 2.05) is 0 Å². The highest BCUT2D eigenvalue weighted by Gasteiger charge is 2.64. The van der Waals surface area contributed by atoms with Gasteiger partial charge in [-0.2, -0.15) is 0 Å². The molecule has 0 aromatic carbocycles. The minimum Gasteiger partial charge on any atom is -0.462 e. The van der Waals surface area contributed by atoms with Gasteiger partial charge in [-0.25, -0.2) is 4.72 Å². The second kappa shape index (κ2) is 37.3. The Kier molecular flexibility index (Phi) is 34.4. The highest BCUT2D eigenvalue weighted by Crippen LogP contribution is 2.64. The number of carbonyl (C=O) groups excluding carboxylic acids is 3. The van der Waals surface area contributed by atoms with Gasteiger partial charge in [0.2, 0.25) is 0 Å². The van der Waals surface area contributed by atoms with Crippen molar-refractivity contribution in [2.24, 2.45) is 16.7 Å². The van der Waals surface area contributed by atoms with E-state index in [4.69, 9.17) is 9.47 Å². The molecule has 394 valence electrons. The monoisotopic (exact) mass is 963 g/mol. The maximum Gasteiger partial charge on any atom is 0.306 e. The molecule has 9 heteroatoms. The summed E-state index contributed by atoms with van der Waals surface area (Å²) in [6.45, 7) is 17.0. The Labute approximate surface area is 415 Å². The summed E-state index contributed by atoms with van der Waals surface area (Å²) >= 11 is 0. The lowest BCUT2D eigenvalue weighted by molar-refractivity contribution is -0.150. The van der Waals surface area contributed by atoms with Crippen molar-refractivity contribution in [1.29, 1.82) is 0 Å². The van der Waals surface area contributed by atoms with Crippen LogP contribution < -0.4 is 4.72 Å². The van der Waals surface area contributed by atoms with Crippen LogP contribution in [0.15, 0.2) is 0 Å². The third-order valence-electron chi connectivity index (χ3n) is 16.0. The minimum absolute atomic E-state index is 0.00229. The number of esters is 2. The molecule has 2 saturated carbocycles. The molecule has 1 N–H and O–H groups in total. The number of hydrogen-bond acceptors (Lipinski definition) is 7. The predicted molar refractivity (Wildman–Crippen MR) is 287 cm³/mol. The lowest BCUT2D eigenvalue weighted by Gasteiger charge is -2.37. The number of hydrogen-bond donors (Lipinski definition) is 1. The first kappa shape index (κ1) is 61.7. The van der Waals surface area contributed by atoms with Crippen molar-refractivity contribution in [2.45, 2.75) is 298 Å². The van der Waals surface area contributed by atoms with E-state index in [9.17, 15) is 18.6 Å². The number of nitrogens with zero attached hydrogens (tertiary/aromatic N) is 1. The number of Topliss-reactive ketones (excluding diaryl/α,β-unsaturated/α-hetero) is 1. The number of ether oxygens (including phenoxy) is 2. The molecule has 0 heterocycles. The SMILES string of the molecule is C=S(=O)(CC12CC[C@@H](CC1=O)C2(C)C)NCCCN(CCCCCCCC(=O)OC(CC)CCCCCCCC)CCCCCCCC(=O)OC(CCCCCCCC)CCCCCCCC. The highest BCUT2D eigenvalue weighted by atomic mass is 32.2. The molecule has 67 heavy (non-hydrogen) atoms. The molecule has 0 aliphatic heterocycles. The van der Waals surface area contributed by atoms with Gasteiger partial charge in [0.05, 0.1) is 0 Å². The number of unbranched alkanes of at least 4 members (excludes halogenated alkanes) is 23. The van der Waals surface area contributed by atoms with Crippen LogP contribution in [0.2, 0.25) is 0 Å². The molecule has 0 aromatic rings. The quantitative estimate of drug-likeness (QED) is 0.0368. The van der Waals surface area contributed by atoms with E-state index in [1.165, 1.54) is 109 Å². The maximum absolute atomic E-state index is 13.8. The molecule has 4 atom stereocenters. The molecule has 0 radical (unpaired) electrons. The molecule has 2 bridgehead atoms. The number of ketones is 1. The molecule has 0 spiro atoms. The summed E-state index contributed by atoms with van der Waals surface area (Å²) in [7, 11) is -2.58. The van der Waals surface area contributed by atoms with Crippen LogP contribution in [0.5, 0.6) is 0 Å². The number of nitrogens with one attached hydrogen (secondary N) is 1. The fourth-order valence-electron chi connectivity index (χ4n) is 11.3. The summed E-state index contributed by atoms with van der Waals surface area (Å²) in [4.78, 5) is 41.3. The minimum atomic E-state index is -2.58. The fraction of sp³-hybridized carbons (Fsp3) is 0.931. The van der Waals surface area contributed by atoms with Crippen LogP contribution in [0.1, 0.15) is 286 Å². The van der Waals surface area contributed by atoms with Crippen LogP contribution in [-0.2, 0) is 33.6 Å². The van der Waals surface area contributed by atoms with Crippen molar-refractivity contribution in [3.05, 3.63) is 0 Å². The standard InChI is InChI=1S/C58H110N2O6S/c1-8-12-15-18-23-30-38-52(11-4)65-55(62)41-33-26-21-28-35-46-60(48-37-45-59-67(7,64)50-58-44-43-51(49-54(58)61)57(58,5)6)47-36-29-22-27-34-42-56(63)66-53(39-31-24-19-16-13-9-2)40-32-25-20-17-14-10-3/h51-53H,7-50H2,1-6H3,(H,59,64)/t51-,52?,58?,67?/m0/s1. The van der Waals surface area contributed by atoms with E-state index in [-0.39, 0.29) is 29.6 Å². The topological polar surface area (TPSA) is 102 Å². The van der Waals surface area contributed by atoms with E-state index in [2.05, 4.69) is 57.0 Å². The van der Waals surface area contributed by atoms with Gasteiger partial charge in [0, 0.05) is 46.7 Å². The average Bonchev–Trinajstić information content (AvgIpc) is 3.64. The maximum atomic E-state index is 13.8. The van der Waals surface area contributed by atoms with Crippen molar-refractivity contribution in [3.63, 3.8) is 0 Å². The normalized spacial score (nSPS) is 19.1. The average molecular weight is 964 g/mol. The lowest BCUT2D eigenvalue weighted by Crippen LogP contribution is -2.45.